The van der Waals surface area contributed by atoms with Crippen molar-refractivity contribution in [3.05, 3.63) is 35.5 Å². The fourth-order valence-electron chi connectivity index (χ4n) is 2.61. The summed E-state index contributed by atoms with van der Waals surface area (Å²) < 4.78 is 10.6. The summed E-state index contributed by atoms with van der Waals surface area (Å²) >= 11 is 0. The highest BCUT2D eigenvalue weighted by Gasteiger charge is 2.33. The Labute approximate surface area is 100 Å². The van der Waals surface area contributed by atoms with Crippen LogP contribution in [0.3, 0.4) is 0 Å². The zero-order valence-electron chi connectivity index (χ0n) is 10.3. The van der Waals surface area contributed by atoms with Crippen LogP contribution in [-0.2, 0) is 11.8 Å². The molecule has 0 aliphatic heterocycles. The number of rotatable bonds is 1. The fraction of sp³-hybridized carbons (Fsp3) is 0.357. The molecule has 0 amide bonds. The molecule has 2 aromatic rings. The van der Waals surface area contributed by atoms with Crippen molar-refractivity contribution in [3.8, 4) is 17.1 Å². The maximum absolute atomic E-state index is 5.37. The van der Waals surface area contributed by atoms with Gasteiger partial charge in [0.1, 0.15) is 5.75 Å². The Hall–Kier alpha value is -1.77. The zero-order valence-corrected chi connectivity index (χ0v) is 10.3. The van der Waals surface area contributed by atoms with Crippen molar-refractivity contribution in [2.24, 2.45) is 0 Å². The van der Waals surface area contributed by atoms with Crippen LogP contribution in [0.4, 0.5) is 0 Å². The maximum Gasteiger partial charge on any atom is 0.170 e. The van der Waals surface area contributed by atoms with Gasteiger partial charge in [0.05, 0.1) is 13.3 Å². The highest BCUT2D eigenvalue weighted by atomic mass is 16.5. The Kier molecular flexibility index (Phi) is 2.05. The van der Waals surface area contributed by atoms with Crippen LogP contribution in [0.25, 0.3) is 11.3 Å². The SMILES string of the molecule is COc1ccc2c(c1)-c1oncc1CC2(C)C. The average Bonchev–Trinajstić information content (AvgIpc) is 2.75. The maximum atomic E-state index is 5.37. The number of ether oxygens (including phenoxy) is 1. The third-order valence-electron chi connectivity index (χ3n) is 3.48. The first-order chi connectivity index (χ1) is 8.12. The monoisotopic (exact) mass is 229 g/mol. The molecular weight excluding hydrogens is 214 g/mol. The normalized spacial score (nSPS) is 16.2. The Bertz CT molecular complexity index is 569. The summed E-state index contributed by atoms with van der Waals surface area (Å²) in [4.78, 5) is 0. The molecule has 1 aliphatic rings. The van der Waals surface area contributed by atoms with Gasteiger partial charge in [0, 0.05) is 11.1 Å². The van der Waals surface area contributed by atoms with E-state index in [1.165, 1.54) is 11.1 Å². The van der Waals surface area contributed by atoms with Crippen LogP contribution >= 0.6 is 0 Å². The van der Waals surface area contributed by atoms with Gasteiger partial charge in [0.15, 0.2) is 5.76 Å². The van der Waals surface area contributed by atoms with Gasteiger partial charge >= 0.3 is 0 Å². The number of nitrogens with zero attached hydrogens (tertiary/aromatic N) is 1. The predicted molar refractivity (Wildman–Crippen MR) is 65.2 cm³/mol. The quantitative estimate of drug-likeness (QED) is 0.753. The topological polar surface area (TPSA) is 35.3 Å². The van der Waals surface area contributed by atoms with Crippen molar-refractivity contribution in [2.45, 2.75) is 25.7 Å². The second-order valence-electron chi connectivity index (χ2n) is 5.15. The number of methoxy groups -OCH3 is 1. The minimum Gasteiger partial charge on any atom is -0.497 e. The molecule has 3 heteroatoms. The molecule has 3 rings (SSSR count). The smallest absolute Gasteiger partial charge is 0.170 e. The number of benzene rings is 1. The summed E-state index contributed by atoms with van der Waals surface area (Å²) in [6, 6.07) is 6.15. The molecule has 3 nitrogen and oxygen atoms in total. The van der Waals surface area contributed by atoms with Gasteiger partial charge in [-0.2, -0.15) is 0 Å². The van der Waals surface area contributed by atoms with Crippen molar-refractivity contribution in [2.75, 3.05) is 7.11 Å². The number of hydrogen-bond acceptors (Lipinski definition) is 3. The van der Waals surface area contributed by atoms with E-state index in [1.807, 2.05) is 18.3 Å². The summed E-state index contributed by atoms with van der Waals surface area (Å²) in [5, 5.41) is 3.91. The van der Waals surface area contributed by atoms with E-state index in [-0.39, 0.29) is 5.41 Å². The minimum absolute atomic E-state index is 0.111. The highest BCUT2D eigenvalue weighted by molar-refractivity contribution is 5.71. The Morgan fingerprint density at radius 2 is 2.18 bits per heavy atom. The first-order valence-electron chi connectivity index (χ1n) is 5.74. The largest absolute Gasteiger partial charge is 0.497 e. The van der Waals surface area contributed by atoms with Crippen LogP contribution in [-0.4, -0.2) is 12.3 Å². The number of aromatic nitrogens is 1. The molecule has 1 aliphatic carbocycles. The summed E-state index contributed by atoms with van der Waals surface area (Å²) in [5.41, 5.74) is 3.69. The van der Waals surface area contributed by atoms with Crippen molar-refractivity contribution in [1.82, 2.24) is 5.16 Å². The number of hydrogen-bond donors (Lipinski definition) is 0. The van der Waals surface area contributed by atoms with Crippen LogP contribution in [0.2, 0.25) is 0 Å². The Morgan fingerprint density at radius 1 is 1.35 bits per heavy atom. The Balaban J connectivity index is 2.28. The summed E-state index contributed by atoms with van der Waals surface area (Å²) in [6.07, 6.45) is 2.78. The van der Waals surface area contributed by atoms with Crippen LogP contribution in [0.5, 0.6) is 5.75 Å². The average molecular weight is 229 g/mol. The lowest BCUT2D eigenvalue weighted by Gasteiger charge is -2.31. The third kappa shape index (κ3) is 1.46. The van der Waals surface area contributed by atoms with Crippen LogP contribution in [0, 0.1) is 0 Å². The molecule has 1 aromatic carbocycles. The van der Waals surface area contributed by atoms with Crippen molar-refractivity contribution < 1.29 is 9.26 Å². The van der Waals surface area contributed by atoms with E-state index in [9.17, 15) is 0 Å². The molecule has 0 spiro atoms. The molecular formula is C14H15NO2. The second kappa shape index (κ2) is 3.36. The second-order valence-corrected chi connectivity index (χ2v) is 5.15. The van der Waals surface area contributed by atoms with Gasteiger partial charge in [-0.3, -0.25) is 0 Å². The molecule has 0 saturated heterocycles. The lowest BCUT2D eigenvalue weighted by atomic mass is 9.72. The van der Waals surface area contributed by atoms with E-state index in [0.29, 0.717) is 0 Å². The molecule has 0 radical (unpaired) electrons. The number of fused-ring (bicyclic) bond motifs is 3. The van der Waals surface area contributed by atoms with Gasteiger partial charge in [0.25, 0.3) is 0 Å². The van der Waals surface area contributed by atoms with Crippen LogP contribution < -0.4 is 4.74 Å². The van der Waals surface area contributed by atoms with E-state index < -0.39 is 0 Å². The lowest BCUT2D eigenvalue weighted by Crippen LogP contribution is -2.24. The molecule has 0 bridgehead atoms. The first kappa shape index (κ1) is 10.4. The molecule has 88 valence electrons. The van der Waals surface area contributed by atoms with Gasteiger partial charge in [-0.05, 0) is 29.5 Å². The van der Waals surface area contributed by atoms with E-state index in [1.54, 1.807) is 7.11 Å². The summed E-state index contributed by atoms with van der Waals surface area (Å²) in [6.45, 7) is 4.49. The molecule has 17 heavy (non-hydrogen) atoms. The van der Waals surface area contributed by atoms with Crippen molar-refractivity contribution in [3.63, 3.8) is 0 Å². The standard InChI is InChI=1S/C14H15NO2/c1-14(2)7-9-8-15-17-13(9)11-6-10(16-3)4-5-12(11)14/h4-6,8H,7H2,1-3H3. The van der Waals surface area contributed by atoms with Crippen LogP contribution in [0.1, 0.15) is 25.0 Å². The molecule has 0 N–H and O–H groups in total. The third-order valence-corrected chi connectivity index (χ3v) is 3.48. The molecule has 1 aromatic heterocycles. The van der Waals surface area contributed by atoms with E-state index in [0.717, 1.165) is 23.5 Å². The van der Waals surface area contributed by atoms with Gasteiger partial charge < -0.3 is 9.26 Å². The Morgan fingerprint density at radius 3 is 2.94 bits per heavy atom. The highest BCUT2D eigenvalue weighted by Crippen LogP contribution is 2.44. The summed E-state index contributed by atoms with van der Waals surface area (Å²) in [5.74, 6) is 1.74. The molecule has 0 fully saturated rings. The molecule has 0 atom stereocenters. The van der Waals surface area contributed by atoms with Gasteiger partial charge in [-0.15, -0.1) is 0 Å². The van der Waals surface area contributed by atoms with Gasteiger partial charge in [-0.25, -0.2) is 0 Å². The first-order valence-corrected chi connectivity index (χ1v) is 5.74. The van der Waals surface area contributed by atoms with Gasteiger partial charge in [0.2, 0.25) is 0 Å². The lowest BCUT2D eigenvalue weighted by molar-refractivity contribution is 0.409. The van der Waals surface area contributed by atoms with Crippen molar-refractivity contribution in [1.29, 1.82) is 0 Å². The van der Waals surface area contributed by atoms with Crippen molar-refractivity contribution >= 4 is 0 Å². The minimum atomic E-state index is 0.111. The van der Waals surface area contributed by atoms with Gasteiger partial charge in [-0.1, -0.05) is 25.1 Å². The molecule has 0 unspecified atom stereocenters. The summed E-state index contributed by atoms with van der Waals surface area (Å²) in [7, 11) is 1.68. The van der Waals surface area contributed by atoms with E-state index in [4.69, 9.17) is 9.26 Å². The predicted octanol–water partition coefficient (Wildman–Crippen LogP) is 3.18. The molecule has 1 heterocycles. The fourth-order valence-corrected chi connectivity index (χ4v) is 2.61. The van der Waals surface area contributed by atoms with E-state index in [2.05, 4.69) is 25.1 Å². The van der Waals surface area contributed by atoms with Crippen LogP contribution in [0.15, 0.2) is 28.9 Å². The molecule has 0 saturated carbocycles. The zero-order chi connectivity index (χ0) is 12.0. The van der Waals surface area contributed by atoms with E-state index >= 15 is 0 Å².